The molecule has 0 saturated heterocycles. The van der Waals surface area contributed by atoms with E-state index in [1.807, 2.05) is 13.8 Å². The number of nitro benzene ring substituents is 1. The first-order chi connectivity index (χ1) is 11.3. The quantitative estimate of drug-likeness (QED) is 0.490. The third-order valence-electron chi connectivity index (χ3n) is 4.02. The summed E-state index contributed by atoms with van der Waals surface area (Å²) in [5.41, 5.74) is 4.85. The van der Waals surface area contributed by atoms with Crippen molar-refractivity contribution in [1.82, 2.24) is 0 Å². The van der Waals surface area contributed by atoms with Gasteiger partial charge in [-0.25, -0.2) is 0 Å². The highest BCUT2D eigenvalue weighted by molar-refractivity contribution is 8.00. The molecule has 2 aromatic carbocycles. The molecule has 0 atom stereocenters. The molecule has 6 heteroatoms. The predicted molar refractivity (Wildman–Crippen MR) is 97.8 cm³/mol. The van der Waals surface area contributed by atoms with E-state index < -0.39 is 4.92 Å². The van der Waals surface area contributed by atoms with Crippen molar-refractivity contribution in [3.8, 4) is 0 Å². The van der Waals surface area contributed by atoms with Crippen LogP contribution in [0.5, 0.6) is 0 Å². The zero-order chi connectivity index (χ0) is 17.9. The van der Waals surface area contributed by atoms with Gasteiger partial charge in [0, 0.05) is 11.0 Å². The zero-order valence-electron chi connectivity index (χ0n) is 14.2. The van der Waals surface area contributed by atoms with Gasteiger partial charge in [-0.1, -0.05) is 18.2 Å². The molecule has 0 aliphatic rings. The molecule has 0 aliphatic heterocycles. The molecule has 5 nitrogen and oxygen atoms in total. The first-order valence-corrected chi connectivity index (χ1v) is 8.53. The van der Waals surface area contributed by atoms with Gasteiger partial charge in [-0.2, -0.15) is 0 Å². The van der Waals surface area contributed by atoms with Crippen LogP contribution in [0.1, 0.15) is 22.3 Å². The molecule has 0 aromatic heterocycles. The van der Waals surface area contributed by atoms with Gasteiger partial charge in [0.15, 0.2) is 0 Å². The monoisotopic (exact) mass is 344 g/mol. The molecule has 0 radical (unpaired) electrons. The van der Waals surface area contributed by atoms with E-state index in [9.17, 15) is 14.9 Å². The molecule has 126 valence electrons. The van der Waals surface area contributed by atoms with E-state index in [0.29, 0.717) is 0 Å². The topological polar surface area (TPSA) is 72.2 Å². The molecule has 0 unspecified atom stereocenters. The van der Waals surface area contributed by atoms with Crippen LogP contribution in [0.4, 0.5) is 11.4 Å². The highest BCUT2D eigenvalue weighted by Crippen LogP contribution is 2.31. The van der Waals surface area contributed by atoms with Gasteiger partial charge in [-0.15, -0.1) is 11.8 Å². The molecule has 0 aliphatic carbocycles. The van der Waals surface area contributed by atoms with Crippen molar-refractivity contribution in [2.75, 3.05) is 11.1 Å². The molecule has 0 spiro atoms. The van der Waals surface area contributed by atoms with Crippen LogP contribution in [-0.2, 0) is 4.79 Å². The number of carbonyl (C=O) groups excluding carboxylic acids is 1. The van der Waals surface area contributed by atoms with Crippen LogP contribution in [0.15, 0.2) is 35.2 Å². The molecular formula is C18H20N2O3S. The second kappa shape index (κ2) is 7.49. The van der Waals surface area contributed by atoms with Crippen LogP contribution in [0, 0.1) is 37.8 Å². The Kier molecular flexibility index (Phi) is 5.62. The maximum Gasteiger partial charge on any atom is 0.292 e. The normalized spacial score (nSPS) is 10.5. The average Bonchev–Trinajstić information content (AvgIpc) is 2.53. The number of carbonyl (C=O) groups is 1. The van der Waals surface area contributed by atoms with Gasteiger partial charge in [0.05, 0.1) is 10.7 Å². The minimum Gasteiger partial charge on any atom is -0.320 e. The van der Waals surface area contributed by atoms with Gasteiger partial charge in [-0.05, 0) is 56.0 Å². The molecular weight excluding hydrogens is 324 g/mol. The Balaban J connectivity index is 2.12. The van der Waals surface area contributed by atoms with E-state index in [2.05, 4.69) is 25.2 Å². The maximum absolute atomic E-state index is 12.2. The summed E-state index contributed by atoms with van der Waals surface area (Å²) < 4.78 is 0. The Hall–Kier alpha value is -2.34. The van der Waals surface area contributed by atoms with Crippen molar-refractivity contribution in [2.24, 2.45) is 0 Å². The van der Waals surface area contributed by atoms with E-state index >= 15 is 0 Å². The lowest BCUT2D eigenvalue weighted by Gasteiger charge is -2.14. The molecule has 0 heterocycles. The number of benzene rings is 2. The summed E-state index contributed by atoms with van der Waals surface area (Å²) in [5, 5.41) is 13.6. The molecule has 0 saturated carbocycles. The standard InChI is InChI=1S/C18H20N2O3S/c1-11-9-12(2)14(4)18(13(11)3)24-10-17(21)19-15-7-5-6-8-16(15)20(22)23/h5-9H,10H2,1-4H3,(H,19,21). The number of nitrogens with one attached hydrogen (secondary N) is 1. The number of amides is 1. The first kappa shape index (κ1) is 18.0. The molecule has 24 heavy (non-hydrogen) atoms. The van der Waals surface area contributed by atoms with Crippen LogP contribution < -0.4 is 5.32 Å². The highest BCUT2D eigenvalue weighted by Gasteiger charge is 2.16. The third kappa shape index (κ3) is 3.94. The fourth-order valence-electron chi connectivity index (χ4n) is 2.46. The van der Waals surface area contributed by atoms with Gasteiger partial charge in [0.1, 0.15) is 5.69 Å². The second-order valence-electron chi connectivity index (χ2n) is 5.70. The summed E-state index contributed by atoms with van der Waals surface area (Å²) >= 11 is 1.46. The lowest BCUT2D eigenvalue weighted by atomic mass is 10.0. The largest absolute Gasteiger partial charge is 0.320 e. The fourth-order valence-corrected chi connectivity index (χ4v) is 3.56. The molecule has 1 N–H and O–H groups in total. The number of nitro groups is 1. The summed E-state index contributed by atoms with van der Waals surface area (Å²) in [6.07, 6.45) is 0. The van der Waals surface area contributed by atoms with Gasteiger partial charge in [-0.3, -0.25) is 14.9 Å². The average molecular weight is 344 g/mol. The third-order valence-corrected chi connectivity index (χ3v) is 5.33. The highest BCUT2D eigenvalue weighted by atomic mass is 32.2. The molecule has 0 bridgehead atoms. The number of hydrogen-bond donors (Lipinski definition) is 1. The molecule has 1 amide bonds. The van der Waals surface area contributed by atoms with Crippen LogP contribution in [0.2, 0.25) is 0 Å². The van der Waals surface area contributed by atoms with Crippen LogP contribution in [0.3, 0.4) is 0 Å². The fraction of sp³-hybridized carbons (Fsp3) is 0.278. The Morgan fingerprint density at radius 1 is 1.12 bits per heavy atom. The van der Waals surface area contributed by atoms with Crippen molar-refractivity contribution in [3.05, 3.63) is 62.7 Å². The Labute approximate surface area is 145 Å². The Morgan fingerprint density at radius 3 is 2.29 bits per heavy atom. The van der Waals surface area contributed by atoms with Crippen LogP contribution >= 0.6 is 11.8 Å². The van der Waals surface area contributed by atoms with E-state index in [0.717, 1.165) is 4.90 Å². The number of hydrogen-bond acceptors (Lipinski definition) is 4. The Bertz CT molecular complexity index is 777. The van der Waals surface area contributed by atoms with Crippen molar-refractivity contribution in [3.63, 3.8) is 0 Å². The van der Waals surface area contributed by atoms with Gasteiger partial charge in [0.25, 0.3) is 5.69 Å². The number of para-hydroxylation sites is 2. The van der Waals surface area contributed by atoms with E-state index in [4.69, 9.17) is 0 Å². The maximum atomic E-state index is 12.2. The Morgan fingerprint density at radius 2 is 1.71 bits per heavy atom. The van der Waals surface area contributed by atoms with Crippen molar-refractivity contribution in [1.29, 1.82) is 0 Å². The van der Waals surface area contributed by atoms with Crippen molar-refractivity contribution in [2.45, 2.75) is 32.6 Å². The summed E-state index contributed by atoms with van der Waals surface area (Å²) in [6, 6.07) is 8.29. The van der Waals surface area contributed by atoms with E-state index in [-0.39, 0.29) is 23.0 Å². The minimum atomic E-state index is -0.499. The first-order valence-electron chi connectivity index (χ1n) is 7.54. The number of rotatable bonds is 5. The smallest absolute Gasteiger partial charge is 0.292 e. The van der Waals surface area contributed by atoms with Gasteiger partial charge < -0.3 is 5.32 Å². The SMILES string of the molecule is Cc1cc(C)c(C)c(SCC(=O)Nc2ccccc2[N+](=O)[O-])c1C. The van der Waals surface area contributed by atoms with E-state index in [1.54, 1.807) is 12.1 Å². The second-order valence-corrected chi connectivity index (χ2v) is 6.69. The number of thioether (sulfide) groups is 1. The number of anilines is 1. The molecule has 0 fully saturated rings. The van der Waals surface area contributed by atoms with Crippen LogP contribution in [0.25, 0.3) is 0 Å². The van der Waals surface area contributed by atoms with Crippen LogP contribution in [-0.4, -0.2) is 16.6 Å². The van der Waals surface area contributed by atoms with Gasteiger partial charge >= 0.3 is 0 Å². The van der Waals surface area contributed by atoms with Crippen molar-refractivity contribution >= 4 is 29.0 Å². The predicted octanol–water partition coefficient (Wildman–Crippen LogP) is 4.56. The number of aryl methyl sites for hydroxylation is 2. The summed E-state index contributed by atoms with van der Waals surface area (Å²) in [6.45, 7) is 8.20. The lowest BCUT2D eigenvalue weighted by molar-refractivity contribution is -0.383. The molecule has 2 rings (SSSR count). The lowest BCUT2D eigenvalue weighted by Crippen LogP contribution is -2.15. The zero-order valence-corrected chi connectivity index (χ0v) is 15.0. The number of nitrogens with zero attached hydrogens (tertiary/aromatic N) is 1. The van der Waals surface area contributed by atoms with E-state index in [1.165, 1.54) is 46.1 Å². The molecule has 2 aromatic rings. The summed E-state index contributed by atoms with van der Waals surface area (Å²) in [5.74, 6) is -0.0522. The minimum absolute atomic E-state index is 0.102. The van der Waals surface area contributed by atoms with Crippen molar-refractivity contribution < 1.29 is 9.72 Å². The van der Waals surface area contributed by atoms with Gasteiger partial charge in [0.2, 0.25) is 5.91 Å². The summed E-state index contributed by atoms with van der Waals surface area (Å²) in [7, 11) is 0. The summed E-state index contributed by atoms with van der Waals surface area (Å²) in [4.78, 5) is 23.8.